The van der Waals surface area contributed by atoms with Crippen LogP contribution in [0.2, 0.25) is 0 Å². The molecule has 30 nitrogen and oxygen atoms in total. The van der Waals surface area contributed by atoms with Gasteiger partial charge in [-0.15, -0.1) is 0 Å². The molecule has 1 unspecified atom stereocenters. The highest BCUT2D eigenvalue weighted by Crippen LogP contribution is 2.40. The highest BCUT2D eigenvalue weighted by Gasteiger charge is 2.50. The first-order chi connectivity index (χ1) is 52.6. The molecule has 0 spiro atoms. The summed E-state index contributed by atoms with van der Waals surface area (Å²) in [5, 5.41) is 0. The molecule has 9 heterocycles. The first-order valence-corrected chi connectivity index (χ1v) is 36.8. The van der Waals surface area contributed by atoms with Crippen molar-refractivity contribution in [2.75, 3.05) is 26.4 Å². The molecule has 1 aromatic heterocycles. The van der Waals surface area contributed by atoms with Gasteiger partial charge in [0.15, 0.2) is 30.8 Å². The van der Waals surface area contributed by atoms with Crippen LogP contribution in [0.15, 0.2) is 157 Å². The summed E-state index contributed by atoms with van der Waals surface area (Å²) in [6, 6.07) is 10.6. The first-order valence-electron chi connectivity index (χ1n) is 36.8. The Morgan fingerprint density at radius 1 is 0.436 bits per heavy atom. The molecule has 110 heavy (non-hydrogen) atoms. The molecule has 17 atom stereocenters. The molecular weight excluding hydrogens is 1430 g/mol. The molecule has 0 saturated carbocycles. The molecule has 4 saturated heterocycles. The van der Waals surface area contributed by atoms with Gasteiger partial charge in [0.1, 0.15) is 82.3 Å². The lowest BCUT2D eigenvalue weighted by molar-refractivity contribution is -0.157. The van der Waals surface area contributed by atoms with Gasteiger partial charge < -0.3 is 90.7 Å². The largest absolute Gasteiger partial charge is 0.489 e. The Labute approximate surface area is 639 Å². The fourth-order valence-corrected chi connectivity index (χ4v) is 13.8. The lowest BCUT2D eigenvalue weighted by atomic mass is 9.98. The van der Waals surface area contributed by atoms with E-state index in [0.717, 1.165) is 23.1 Å². The quantitative estimate of drug-likeness (QED) is 0.0416. The Morgan fingerprint density at radius 3 is 1.18 bits per heavy atom. The van der Waals surface area contributed by atoms with Crippen molar-refractivity contribution in [3.8, 4) is 0 Å². The Balaban J connectivity index is 0.000000254. The average Bonchev–Trinajstić information content (AvgIpc) is 1.67. The van der Waals surface area contributed by atoms with Crippen LogP contribution in [0.1, 0.15) is 143 Å². The minimum absolute atomic E-state index is 0.0189. The van der Waals surface area contributed by atoms with Crippen molar-refractivity contribution in [1.29, 1.82) is 0 Å². The van der Waals surface area contributed by atoms with Crippen molar-refractivity contribution < 1.29 is 119 Å². The van der Waals surface area contributed by atoms with Crippen LogP contribution >= 0.6 is 0 Å². The number of hydrogen-bond donors (Lipinski definition) is 0. The van der Waals surface area contributed by atoms with Crippen LogP contribution in [0.3, 0.4) is 0 Å². The second-order valence-electron chi connectivity index (χ2n) is 27.7. The number of hydrogen-bond acceptors (Lipinski definition) is 30. The van der Waals surface area contributed by atoms with Gasteiger partial charge in [-0.2, -0.15) is 0 Å². The highest BCUT2D eigenvalue weighted by atomic mass is 16.6. The SMILES string of the molecule is C=C(OCc1ccc(COC(=O)C2=CN([C@@H]3O[C@H](COC(C)=O)[C@@H](OC(C)=O)[C@H]3C)C=CC2)cc1)C1=CN([C@@H]2O[C@H](CC)[C@@H](C)[C@H]2OC(C)=O)C=CC1.CC[C@@H]1O[C@H](N2C=CCC(C(=O)OCC(COC(=O)C3=CN([C@@H]4O[C@H](COC(C)=O)[C@@H](OC(C)=O)[C@H]4C)C=CC3)OC(=O)c3cccnc3)=C2)[C@@H](OC(C)=O)[C@H]1C. The van der Waals surface area contributed by atoms with E-state index in [1.54, 1.807) is 63.9 Å². The van der Waals surface area contributed by atoms with Crippen LogP contribution < -0.4 is 0 Å². The second-order valence-corrected chi connectivity index (χ2v) is 27.7. The fourth-order valence-electron chi connectivity index (χ4n) is 13.8. The summed E-state index contributed by atoms with van der Waals surface area (Å²) >= 11 is 0. The van der Waals surface area contributed by atoms with E-state index in [2.05, 4.69) is 18.5 Å². The number of carbonyl (C=O) groups excluding carboxylic acids is 10. The molecule has 10 rings (SSSR count). The maximum Gasteiger partial charge on any atom is 0.340 e. The van der Waals surface area contributed by atoms with E-state index in [1.165, 1.54) is 66.2 Å². The lowest BCUT2D eigenvalue weighted by Gasteiger charge is -2.31. The van der Waals surface area contributed by atoms with Crippen LogP contribution in [0.25, 0.3) is 0 Å². The van der Waals surface area contributed by atoms with Gasteiger partial charge in [0.2, 0.25) is 0 Å². The fraction of sp³-hybridized carbons (Fsp3) is 0.512. The Morgan fingerprint density at radius 2 is 0.800 bits per heavy atom. The predicted molar refractivity (Wildman–Crippen MR) is 388 cm³/mol. The maximum atomic E-state index is 13.4. The molecule has 0 radical (unpaired) electrons. The molecule has 1 aromatic carbocycles. The monoisotopic (exact) mass is 1530 g/mol. The third-order valence-corrected chi connectivity index (χ3v) is 19.4. The highest BCUT2D eigenvalue weighted by molar-refractivity contribution is 5.91. The maximum absolute atomic E-state index is 13.4. The van der Waals surface area contributed by atoms with Crippen LogP contribution in [0.4, 0.5) is 0 Å². The van der Waals surface area contributed by atoms with Gasteiger partial charge in [-0.1, -0.05) is 96.7 Å². The molecular formula is C80H99N5O25. The van der Waals surface area contributed by atoms with Gasteiger partial charge in [-0.25, -0.2) is 19.2 Å². The van der Waals surface area contributed by atoms with E-state index in [4.69, 9.17) is 71.1 Å². The van der Waals surface area contributed by atoms with E-state index in [1.807, 2.05) is 88.3 Å². The average molecular weight is 1530 g/mol. The standard InChI is InChI=1S/C40H49N3O14.C40H50N2O11/c1-7-32-23(2)35(54-27(6)46)37(56-32)43-16-10-13-30(19-43)39(48)52-21-31(55-40(49)28-11-8-14-41-17-28)20-51-38(47)29-12-9-15-42(18-29)36-24(3)34(53-26(5)45)33(57-36)22-50-25(4)44;1-8-34-24(2)37(51-29(7)45)39(52-34)42-18-9-11-32(19-42)26(4)47-21-30-13-15-31(16-14-30)22-49-40(46)33-12-10-17-41(20-33)38-25(3)36(50-28(6)44)35(53-38)23-48-27(5)43/h8-11,14-19,23-24,31-37H,7,12-13,20-22H2,1-6H3;9-10,13-20,24-25,34-39H,4,8,11-12,21-23H2,1-3,5-7H3/t23-,24+,31?,32-,33+,34-,35-,36+,37-;24-,25-,34-,35-,36+,37-,38-,39-/m01/s1. The third kappa shape index (κ3) is 22.4. The normalized spacial score (nSPS) is 27.5. The van der Waals surface area contributed by atoms with Crippen LogP contribution in [0, 0.1) is 23.7 Å². The zero-order valence-corrected chi connectivity index (χ0v) is 64.0. The zero-order chi connectivity index (χ0) is 79.5. The summed E-state index contributed by atoms with van der Waals surface area (Å²) in [5.41, 5.74) is 3.68. The molecule has 4 fully saturated rings. The molecule has 0 amide bonds. The second kappa shape index (κ2) is 39.3. The third-order valence-electron chi connectivity index (χ3n) is 19.4. The summed E-state index contributed by atoms with van der Waals surface area (Å²) in [5.74, 6) is -5.61. The van der Waals surface area contributed by atoms with E-state index < -0.39 is 140 Å². The summed E-state index contributed by atoms with van der Waals surface area (Å²) in [4.78, 5) is 134. The number of esters is 10. The van der Waals surface area contributed by atoms with E-state index in [9.17, 15) is 47.9 Å². The summed E-state index contributed by atoms with van der Waals surface area (Å²) in [6.07, 6.45) is 19.5. The van der Waals surface area contributed by atoms with Crippen molar-refractivity contribution in [3.63, 3.8) is 0 Å². The number of carbonyl (C=O) groups is 10. The summed E-state index contributed by atoms with van der Waals surface area (Å²) in [7, 11) is 0. The Bertz CT molecular complexity index is 3920. The molecule has 594 valence electrons. The molecule has 8 aliphatic heterocycles. The van der Waals surface area contributed by atoms with Gasteiger partial charge in [0.05, 0.1) is 34.5 Å². The van der Waals surface area contributed by atoms with Crippen molar-refractivity contribution in [3.05, 3.63) is 174 Å². The van der Waals surface area contributed by atoms with Crippen LogP contribution in [-0.4, -0.2) is 191 Å². The lowest BCUT2D eigenvalue weighted by Crippen LogP contribution is -2.40. The van der Waals surface area contributed by atoms with Crippen molar-refractivity contribution >= 4 is 59.7 Å². The zero-order valence-electron chi connectivity index (χ0n) is 64.0. The minimum Gasteiger partial charge on any atom is -0.489 e. The summed E-state index contributed by atoms with van der Waals surface area (Å²) in [6.45, 7) is 23.0. The van der Waals surface area contributed by atoms with Crippen molar-refractivity contribution in [2.45, 2.75) is 215 Å². The van der Waals surface area contributed by atoms with Gasteiger partial charge in [0, 0.05) is 152 Å². The smallest absolute Gasteiger partial charge is 0.340 e. The topological polar surface area (TPSA) is 335 Å². The summed E-state index contributed by atoms with van der Waals surface area (Å²) < 4.78 is 85.9. The number of ether oxygens (including phenoxy) is 15. The van der Waals surface area contributed by atoms with E-state index in [0.29, 0.717) is 37.2 Å². The van der Waals surface area contributed by atoms with Gasteiger partial charge in [-0.3, -0.25) is 33.8 Å². The molecule has 30 heteroatoms. The number of nitrogens with zero attached hydrogens (tertiary/aromatic N) is 5. The number of rotatable bonds is 29. The van der Waals surface area contributed by atoms with Crippen molar-refractivity contribution in [2.24, 2.45) is 23.7 Å². The van der Waals surface area contributed by atoms with Crippen LogP contribution in [0.5, 0.6) is 0 Å². The van der Waals surface area contributed by atoms with Gasteiger partial charge >= 0.3 is 59.7 Å². The molecule has 0 N–H and O–H groups in total. The van der Waals surface area contributed by atoms with E-state index in [-0.39, 0.29) is 85.3 Å². The Kier molecular flexibility index (Phi) is 29.9. The molecule has 2 aromatic rings. The van der Waals surface area contributed by atoms with Crippen LogP contribution in [-0.2, 0) is 127 Å². The molecule has 0 aliphatic carbocycles. The number of pyridine rings is 1. The molecule has 0 bridgehead atoms. The first kappa shape index (κ1) is 83.6. The van der Waals surface area contributed by atoms with Crippen molar-refractivity contribution in [1.82, 2.24) is 24.6 Å². The van der Waals surface area contributed by atoms with E-state index >= 15 is 0 Å². The minimum atomic E-state index is -1.21. The number of aromatic nitrogens is 1. The van der Waals surface area contributed by atoms with Gasteiger partial charge in [0.25, 0.3) is 0 Å². The number of allylic oxidation sites excluding steroid dienone is 5. The number of benzene rings is 1. The van der Waals surface area contributed by atoms with Gasteiger partial charge in [-0.05, 0) is 42.5 Å². The molecule has 8 aliphatic rings. The predicted octanol–water partition coefficient (Wildman–Crippen LogP) is 8.98. The Hall–Kier alpha value is -10.4.